The minimum absolute atomic E-state index is 0.0141. The average Bonchev–Trinajstić information content (AvgIpc) is 3.29. The van der Waals surface area contributed by atoms with Gasteiger partial charge in [-0.25, -0.2) is 9.18 Å². The average molecular weight is 363 g/mol. The number of fused-ring (bicyclic) bond motifs is 1. The lowest BCUT2D eigenvalue weighted by Crippen LogP contribution is -2.58. The third-order valence-electron chi connectivity index (χ3n) is 4.94. The molecule has 25 heavy (non-hydrogen) atoms. The normalized spacial score (nSPS) is 23.0. The number of alkyl halides is 1. The van der Waals surface area contributed by atoms with Crippen molar-refractivity contribution in [1.82, 2.24) is 9.55 Å². The maximum Gasteiger partial charge on any atom is 0.329 e. The van der Waals surface area contributed by atoms with Gasteiger partial charge in [-0.3, -0.25) is 14.3 Å². The van der Waals surface area contributed by atoms with Gasteiger partial charge in [0.1, 0.15) is 11.0 Å². The third kappa shape index (κ3) is 2.39. The molecule has 0 radical (unpaired) electrons. The summed E-state index contributed by atoms with van der Waals surface area (Å²) in [6, 6.07) is 1.80. The van der Waals surface area contributed by atoms with Gasteiger partial charge >= 0.3 is 5.69 Å². The van der Waals surface area contributed by atoms with Crippen LogP contribution in [0.3, 0.4) is 0 Å². The van der Waals surface area contributed by atoms with Gasteiger partial charge in [-0.1, -0.05) is 0 Å². The first-order valence-corrected chi connectivity index (χ1v) is 9.02. The molecular formula is C17H18FN3O3S. The van der Waals surface area contributed by atoms with Crippen LogP contribution >= 0.6 is 11.3 Å². The van der Waals surface area contributed by atoms with E-state index in [0.29, 0.717) is 23.0 Å². The van der Waals surface area contributed by atoms with E-state index in [1.54, 1.807) is 6.92 Å². The van der Waals surface area contributed by atoms with Crippen LogP contribution in [0.5, 0.6) is 0 Å². The molecule has 0 saturated heterocycles. The molecule has 0 aromatic carbocycles. The van der Waals surface area contributed by atoms with Gasteiger partial charge in [-0.15, -0.1) is 11.3 Å². The number of hydrogen-bond donors (Lipinski definition) is 3. The molecule has 2 aromatic rings. The van der Waals surface area contributed by atoms with E-state index in [9.17, 15) is 14.7 Å². The Balaban J connectivity index is 2.09. The lowest BCUT2D eigenvalue weighted by Gasteiger charge is -2.26. The zero-order valence-electron chi connectivity index (χ0n) is 13.6. The van der Waals surface area contributed by atoms with Crippen LogP contribution in [0.15, 0.2) is 21.0 Å². The van der Waals surface area contributed by atoms with E-state index in [2.05, 4.69) is 4.98 Å². The van der Waals surface area contributed by atoms with Crippen LogP contribution in [0, 0.1) is 0 Å². The molecule has 2 atom stereocenters. The van der Waals surface area contributed by atoms with Crippen molar-refractivity contribution in [3.8, 4) is 0 Å². The summed E-state index contributed by atoms with van der Waals surface area (Å²) in [7, 11) is 0. The Bertz CT molecular complexity index is 1090. The Morgan fingerprint density at radius 3 is 2.76 bits per heavy atom. The summed E-state index contributed by atoms with van der Waals surface area (Å²) in [6.07, 6.45) is -0.0864. The Hall–Kier alpha value is -2.19. The molecule has 0 amide bonds. The smallest absolute Gasteiger partial charge is 0.329 e. The maximum absolute atomic E-state index is 15.0. The lowest BCUT2D eigenvalue weighted by molar-refractivity contribution is 0.305. The zero-order chi connectivity index (χ0) is 17.9. The predicted octanol–water partition coefficient (Wildman–Crippen LogP) is 0.364. The van der Waals surface area contributed by atoms with Crippen molar-refractivity contribution < 1.29 is 9.50 Å². The molecule has 6 nitrogen and oxygen atoms in total. The lowest BCUT2D eigenvalue weighted by atomic mass is 9.84. The molecule has 8 heteroatoms. The summed E-state index contributed by atoms with van der Waals surface area (Å²) >= 11 is 1.43. The highest BCUT2D eigenvalue weighted by atomic mass is 32.1. The summed E-state index contributed by atoms with van der Waals surface area (Å²) in [4.78, 5) is 27.7. The minimum atomic E-state index is -1.74. The van der Waals surface area contributed by atoms with Crippen molar-refractivity contribution in [1.29, 1.82) is 0 Å². The number of nitrogens with two attached hydrogens (primary N) is 1. The van der Waals surface area contributed by atoms with E-state index in [0.717, 1.165) is 17.7 Å². The van der Waals surface area contributed by atoms with E-state index < -0.39 is 29.1 Å². The van der Waals surface area contributed by atoms with Gasteiger partial charge in [0.15, 0.2) is 6.17 Å². The largest absolute Gasteiger partial charge is 0.508 e. The topological polar surface area (TPSA) is 101 Å². The highest BCUT2D eigenvalue weighted by Gasteiger charge is 2.36. The number of aromatic amines is 1. The Morgan fingerprint density at radius 2 is 2.16 bits per heavy atom. The molecule has 2 heterocycles. The number of nitrogens with one attached hydrogen (secondary N) is 1. The first-order chi connectivity index (χ1) is 11.9. The molecule has 0 aliphatic heterocycles. The van der Waals surface area contributed by atoms with Gasteiger partial charge in [0.05, 0.1) is 5.35 Å². The fraction of sp³-hybridized carbons (Fsp3) is 0.412. The van der Waals surface area contributed by atoms with Crippen molar-refractivity contribution >= 4 is 22.7 Å². The molecule has 2 aliphatic rings. The van der Waals surface area contributed by atoms with E-state index in [1.165, 1.54) is 15.9 Å². The van der Waals surface area contributed by atoms with Crippen molar-refractivity contribution in [3.63, 3.8) is 0 Å². The van der Waals surface area contributed by atoms with E-state index >= 15 is 4.39 Å². The van der Waals surface area contributed by atoms with E-state index in [1.807, 2.05) is 11.4 Å². The number of thiophene rings is 1. The predicted molar refractivity (Wildman–Crippen MR) is 93.8 cm³/mol. The number of H-pyrrole nitrogens is 1. The zero-order valence-corrected chi connectivity index (χ0v) is 14.4. The van der Waals surface area contributed by atoms with Gasteiger partial charge in [-0.05, 0) is 42.3 Å². The van der Waals surface area contributed by atoms with Crippen molar-refractivity contribution in [3.05, 3.63) is 53.3 Å². The fourth-order valence-electron chi connectivity index (χ4n) is 3.60. The Morgan fingerprint density at radius 1 is 1.44 bits per heavy atom. The van der Waals surface area contributed by atoms with Crippen LogP contribution in [-0.4, -0.2) is 20.8 Å². The van der Waals surface area contributed by atoms with Gasteiger partial charge in [0.25, 0.3) is 5.56 Å². The van der Waals surface area contributed by atoms with Crippen molar-refractivity contribution in [2.45, 2.75) is 44.4 Å². The summed E-state index contributed by atoms with van der Waals surface area (Å²) in [6.45, 7) is 2.08. The van der Waals surface area contributed by atoms with Crippen LogP contribution in [0.2, 0.25) is 0 Å². The first-order valence-electron chi connectivity index (χ1n) is 8.14. The molecule has 2 unspecified atom stereocenters. The molecule has 4 N–H and O–H groups in total. The van der Waals surface area contributed by atoms with Crippen molar-refractivity contribution in [2.24, 2.45) is 5.73 Å². The highest BCUT2D eigenvalue weighted by molar-refractivity contribution is 7.10. The number of aromatic nitrogens is 2. The standard InChI is InChI=1S/C17H18FN3O3S/c1-7-11(8-4-10(5-19)25-6-8)13(18)15(22)12-14(7)21(9-2-3-9)17(24)20-16(12)23/h4,6,9,11,13,22H,2-3,5,19H2,1H3,(H,20,23,24). The summed E-state index contributed by atoms with van der Waals surface area (Å²) in [5.41, 5.74) is 5.66. The maximum atomic E-state index is 15.0. The number of aliphatic hydroxyl groups is 1. The molecule has 0 spiro atoms. The Labute approximate surface area is 145 Å². The second-order valence-corrected chi connectivity index (χ2v) is 7.58. The first kappa shape index (κ1) is 16.3. The number of hydrogen-bond acceptors (Lipinski definition) is 5. The van der Waals surface area contributed by atoms with E-state index in [-0.39, 0.29) is 11.3 Å². The van der Waals surface area contributed by atoms with Crippen LogP contribution in [0.4, 0.5) is 4.39 Å². The third-order valence-corrected chi connectivity index (χ3v) is 5.92. The van der Waals surface area contributed by atoms with Gasteiger partial charge < -0.3 is 10.8 Å². The molecule has 132 valence electrons. The number of nitrogens with zero attached hydrogens (tertiary/aromatic N) is 1. The van der Waals surface area contributed by atoms with Gasteiger partial charge in [0, 0.05) is 23.4 Å². The fourth-order valence-corrected chi connectivity index (χ4v) is 4.41. The summed E-state index contributed by atoms with van der Waals surface area (Å²) in [5, 5.41) is 12.5. The molecule has 4 rings (SSSR count). The van der Waals surface area contributed by atoms with Gasteiger partial charge in [0.2, 0.25) is 0 Å². The highest BCUT2D eigenvalue weighted by Crippen LogP contribution is 2.37. The van der Waals surface area contributed by atoms with Crippen LogP contribution in [0.1, 0.15) is 42.2 Å². The number of aliphatic hydroxyl groups excluding tert-OH is 1. The van der Waals surface area contributed by atoms with Gasteiger partial charge in [-0.2, -0.15) is 0 Å². The van der Waals surface area contributed by atoms with Crippen molar-refractivity contribution in [2.75, 3.05) is 0 Å². The number of halogens is 1. The molecule has 0 bridgehead atoms. The van der Waals surface area contributed by atoms with E-state index in [4.69, 9.17) is 5.73 Å². The quantitative estimate of drug-likeness (QED) is 0.733. The minimum Gasteiger partial charge on any atom is -0.508 e. The molecule has 2 aliphatic carbocycles. The SMILES string of the molecule is CC1=c2c(c(=O)[nH]c(=O)n2C2CC2)=C(O)C(F)C1c1csc(CN)c1. The monoisotopic (exact) mass is 363 g/mol. The second kappa shape index (κ2) is 5.67. The molecule has 2 aromatic heterocycles. The Kier molecular flexibility index (Phi) is 3.69. The molecular weight excluding hydrogens is 345 g/mol. The summed E-state index contributed by atoms with van der Waals surface area (Å²) < 4.78 is 16.5. The second-order valence-electron chi connectivity index (χ2n) is 6.58. The number of rotatable bonds is 3. The van der Waals surface area contributed by atoms with Crippen LogP contribution in [-0.2, 0) is 6.54 Å². The summed E-state index contributed by atoms with van der Waals surface area (Å²) in [5.74, 6) is -1.35. The van der Waals surface area contributed by atoms with Crippen LogP contribution in [0.25, 0.3) is 11.3 Å². The molecule has 1 saturated carbocycles. The van der Waals surface area contributed by atoms with Crippen LogP contribution < -0.4 is 27.6 Å². The molecule has 1 fully saturated rings.